The number of amides is 1. The summed E-state index contributed by atoms with van der Waals surface area (Å²) in [5, 5.41) is 0.281. The number of hydrogen-bond acceptors (Lipinski definition) is 6. The van der Waals surface area contributed by atoms with Crippen molar-refractivity contribution in [2.75, 3.05) is 12.1 Å². The van der Waals surface area contributed by atoms with Gasteiger partial charge in [-0.05, 0) is 17.7 Å². The van der Waals surface area contributed by atoms with Gasteiger partial charge in [-0.1, -0.05) is 41.7 Å². The zero-order valence-electron chi connectivity index (χ0n) is 15.5. The number of hydrogen-bond donors (Lipinski definition) is 1. The highest BCUT2D eigenvalue weighted by Crippen LogP contribution is 2.37. The molecule has 1 aromatic carbocycles. The van der Waals surface area contributed by atoms with Gasteiger partial charge in [-0.15, -0.1) is 13.2 Å². The number of alkyl halides is 6. The summed E-state index contributed by atoms with van der Waals surface area (Å²) in [7, 11) is 1.32. The molecule has 1 amide bonds. The minimum Gasteiger partial charge on any atom is -0.378 e. The summed E-state index contributed by atoms with van der Waals surface area (Å²) in [5.74, 6) is -0.894. The SMILES string of the molecule is CN(NC(=O)c1nc(OC(F)(F)F)sc1-c1ccccc1)c1ccc(C(F)(F)F)nc1. The highest BCUT2D eigenvalue weighted by atomic mass is 32.1. The topological polar surface area (TPSA) is 67.4 Å². The van der Waals surface area contributed by atoms with E-state index < -0.39 is 29.3 Å². The molecule has 0 bridgehead atoms. The third-order valence-corrected chi connectivity index (χ3v) is 4.74. The Labute approximate surface area is 175 Å². The average molecular weight is 462 g/mol. The van der Waals surface area contributed by atoms with Crippen LogP contribution in [0.2, 0.25) is 0 Å². The molecule has 6 nitrogen and oxygen atoms in total. The highest BCUT2D eigenvalue weighted by molar-refractivity contribution is 7.17. The zero-order valence-corrected chi connectivity index (χ0v) is 16.3. The first-order chi connectivity index (χ1) is 14.4. The maximum absolute atomic E-state index is 12.7. The number of hydrazine groups is 1. The zero-order chi connectivity index (χ0) is 22.8. The van der Waals surface area contributed by atoms with Crippen LogP contribution in [0.1, 0.15) is 16.2 Å². The van der Waals surface area contributed by atoms with E-state index in [9.17, 15) is 31.1 Å². The van der Waals surface area contributed by atoms with Gasteiger partial charge in [-0.3, -0.25) is 15.2 Å². The number of rotatable bonds is 5. The van der Waals surface area contributed by atoms with Gasteiger partial charge in [0, 0.05) is 7.05 Å². The molecule has 0 unspecified atom stereocenters. The van der Waals surface area contributed by atoms with Gasteiger partial charge in [-0.25, -0.2) is 4.98 Å². The van der Waals surface area contributed by atoms with Crippen LogP contribution in [0, 0.1) is 0 Å². The van der Waals surface area contributed by atoms with E-state index in [0.717, 1.165) is 23.3 Å². The fraction of sp³-hybridized carbons (Fsp3) is 0.167. The van der Waals surface area contributed by atoms with E-state index in [4.69, 9.17) is 0 Å². The molecule has 0 radical (unpaired) electrons. The summed E-state index contributed by atoms with van der Waals surface area (Å²) < 4.78 is 79.5. The Morgan fingerprint density at radius 3 is 2.29 bits per heavy atom. The number of ether oxygens (including phenoxy) is 1. The standard InChI is InChI=1S/C18H12F6N4O2S/c1-28(11-7-8-12(25-9-11)17(19,20)21)27-15(29)13-14(10-5-3-2-4-6-10)31-16(26-13)30-18(22,23)24/h2-9H,1H3,(H,27,29). The van der Waals surface area contributed by atoms with Crippen molar-refractivity contribution in [3.05, 3.63) is 60.0 Å². The van der Waals surface area contributed by atoms with Crippen molar-refractivity contribution in [2.45, 2.75) is 12.5 Å². The highest BCUT2D eigenvalue weighted by Gasteiger charge is 2.34. The average Bonchev–Trinajstić information content (AvgIpc) is 3.10. The normalized spacial score (nSPS) is 11.8. The first-order valence-electron chi connectivity index (χ1n) is 8.34. The first kappa shape index (κ1) is 22.3. The second-order valence-corrected chi connectivity index (χ2v) is 6.93. The summed E-state index contributed by atoms with van der Waals surface area (Å²) in [6, 6.07) is 9.89. The lowest BCUT2D eigenvalue weighted by molar-refractivity contribution is -0.274. The Balaban J connectivity index is 1.86. The molecule has 13 heteroatoms. The van der Waals surface area contributed by atoms with Crippen LogP contribution in [0.15, 0.2) is 48.7 Å². The Morgan fingerprint density at radius 1 is 1.06 bits per heavy atom. The Kier molecular flexibility index (Phi) is 6.06. The predicted octanol–water partition coefficient (Wildman–Crippen LogP) is 4.90. The molecule has 0 aliphatic heterocycles. The van der Waals surface area contributed by atoms with Crippen molar-refractivity contribution in [1.29, 1.82) is 0 Å². The molecular weight excluding hydrogens is 450 g/mol. The molecule has 0 saturated carbocycles. The molecule has 0 spiro atoms. The number of thiazole rings is 1. The van der Waals surface area contributed by atoms with Crippen molar-refractivity contribution in [2.24, 2.45) is 0 Å². The van der Waals surface area contributed by atoms with E-state index in [1.54, 1.807) is 30.3 Å². The van der Waals surface area contributed by atoms with Gasteiger partial charge >= 0.3 is 12.5 Å². The van der Waals surface area contributed by atoms with E-state index in [1.165, 1.54) is 7.05 Å². The van der Waals surface area contributed by atoms with Gasteiger partial charge in [0.2, 0.25) is 0 Å². The molecule has 0 saturated heterocycles. The summed E-state index contributed by atoms with van der Waals surface area (Å²) in [4.78, 5) is 19.7. The molecule has 164 valence electrons. The van der Waals surface area contributed by atoms with Crippen LogP contribution in [0.4, 0.5) is 32.0 Å². The predicted molar refractivity (Wildman–Crippen MR) is 99.3 cm³/mol. The number of nitrogens with zero attached hydrogens (tertiary/aromatic N) is 3. The van der Waals surface area contributed by atoms with Crippen molar-refractivity contribution < 1.29 is 35.9 Å². The van der Waals surface area contributed by atoms with Gasteiger partial charge in [0.15, 0.2) is 5.69 Å². The van der Waals surface area contributed by atoms with Gasteiger partial charge in [0.05, 0.1) is 16.8 Å². The number of benzene rings is 1. The molecule has 3 aromatic rings. The molecule has 2 aromatic heterocycles. The summed E-state index contributed by atoms with van der Waals surface area (Å²) in [6.45, 7) is 0. The number of carbonyl (C=O) groups is 1. The number of carbonyl (C=O) groups excluding carboxylic acids is 1. The summed E-state index contributed by atoms with van der Waals surface area (Å²) >= 11 is 0.525. The molecule has 31 heavy (non-hydrogen) atoms. The monoisotopic (exact) mass is 462 g/mol. The lowest BCUT2D eigenvalue weighted by atomic mass is 10.1. The van der Waals surface area contributed by atoms with E-state index in [0.29, 0.717) is 16.9 Å². The fourth-order valence-corrected chi connectivity index (χ4v) is 3.34. The molecule has 2 heterocycles. The Morgan fingerprint density at radius 2 is 1.74 bits per heavy atom. The molecule has 0 atom stereocenters. The van der Waals surface area contributed by atoms with E-state index in [1.807, 2.05) is 0 Å². The van der Waals surface area contributed by atoms with Crippen molar-refractivity contribution in [3.63, 3.8) is 0 Å². The minimum atomic E-state index is -5.00. The molecule has 0 aliphatic rings. The number of pyridine rings is 1. The minimum absolute atomic E-state index is 0.101. The first-order valence-corrected chi connectivity index (χ1v) is 9.15. The molecule has 0 fully saturated rings. The third kappa shape index (κ3) is 5.63. The number of aromatic nitrogens is 2. The molecule has 1 N–H and O–H groups in total. The Hall–Kier alpha value is -3.35. The third-order valence-electron chi connectivity index (χ3n) is 3.76. The van der Waals surface area contributed by atoms with Gasteiger partial charge in [0.25, 0.3) is 11.1 Å². The maximum Gasteiger partial charge on any atom is 0.574 e. The van der Waals surface area contributed by atoms with Gasteiger partial charge < -0.3 is 4.74 Å². The lowest BCUT2D eigenvalue weighted by Crippen LogP contribution is -2.39. The summed E-state index contributed by atoms with van der Waals surface area (Å²) in [6.07, 6.45) is -8.73. The largest absolute Gasteiger partial charge is 0.574 e. The van der Waals surface area contributed by atoms with Crippen LogP contribution in [-0.2, 0) is 6.18 Å². The second kappa shape index (κ2) is 8.41. The fourth-order valence-electron chi connectivity index (χ4n) is 2.40. The lowest BCUT2D eigenvalue weighted by Gasteiger charge is -2.20. The van der Waals surface area contributed by atoms with Crippen LogP contribution in [-0.4, -0.2) is 29.3 Å². The number of nitrogens with one attached hydrogen (secondary N) is 1. The van der Waals surface area contributed by atoms with Crippen LogP contribution >= 0.6 is 11.3 Å². The maximum atomic E-state index is 12.7. The van der Waals surface area contributed by atoms with E-state index in [2.05, 4.69) is 20.1 Å². The Bertz CT molecular complexity index is 1050. The quantitative estimate of drug-likeness (QED) is 0.432. The van der Waals surface area contributed by atoms with Crippen LogP contribution in [0.5, 0.6) is 5.19 Å². The van der Waals surface area contributed by atoms with Crippen molar-refractivity contribution in [1.82, 2.24) is 15.4 Å². The second-order valence-electron chi connectivity index (χ2n) is 5.97. The van der Waals surface area contributed by atoms with Gasteiger partial charge in [0.1, 0.15) is 5.69 Å². The van der Waals surface area contributed by atoms with Crippen LogP contribution in [0.25, 0.3) is 10.4 Å². The summed E-state index contributed by atoms with van der Waals surface area (Å²) in [5.41, 5.74) is 1.41. The van der Waals surface area contributed by atoms with Crippen molar-refractivity contribution in [3.8, 4) is 15.6 Å². The van der Waals surface area contributed by atoms with Gasteiger partial charge in [-0.2, -0.15) is 18.2 Å². The molecule has 3 rings (SSSR count). The van der Waals surface area contributed by atoms with E-state index >= 15 is 0 Å². The van der Waals surface area contributed by atoms with E-state index in [-0.39, 0.29) is 16.3 Å². The van der Waals surface area contributed by atoms with Crippen molar-refractivity contribution >= 4 is 22.9 Å². The molecule has 0 aliphatic carbocycles. The smallest absolute Gasteiger partial charge is 0.378 e. The number of anilines is 1. The number of halogens is 6. The van der Waals surface area contributed by atoms with Crippen LogP contribution < -0.4 is 15.2 Å². The van der Waals surface area contributed by atoms with Crippen LogP contribution in [0.3, 0.4) is 0 Å². The molecular formula is C18H12F6N4O2S.